The Kier molecular flexibility index (Phi) is 7.08. The molecule has 0 spiro atoms. The van der Waals surface area contributed by atoms with Crippen molar-refractivity contribution in [3.63, 3.8) is 0 Å². The van der Waals surface area contributed by atoms with Gasteiger partial charge in [-0.1, -0.05) is 12.5 Å². The lowest BCUT2D eigenvalue weighted by Crippen LogP contribution is -2.29. The van der Waals surface area contributed by atoms with E-state index in [2.05, 4.69) is 26.6 Å². The molecule has 6 heteroatoms. The number of hydrogen-bond acceptors (Lipinski definition) is 2. The van der Waals surface area contributed by atoms with Crippen molar-refractivity contribution in [2.24, 2.45) is 0 Å². The Morgan fingerprint density at radius 1 is 1.25 bits per heavy atom. The van der Waals surface area contributed by atoms with Gasteiger partial charge in [0.1, 0.15) is 0 Å². The third-order valence-corrected chi connectivity index (χ3v) is 3.38. The minimum atomic E-state index is -0.778. The molecule has 0 radical (unpaired) electrons. The van der Waals surface area contributed by atoms with Gasteiger partial charge in [0, 0.05) is 17.4 Å². The molecule has 1 aromatic rings. The van der Waals surface area contributed by atoms with Crippen LogP contribution in [-0.4, -0.2) is 23.7 Å². The molecular weight excluding hydrogens is 324 g/mol. The van der Waals surface area contributed by atoms with Crippen molar-refractivity contribution in [1.82, 2.24) is 5.32 Å². The zero-order chi connectivity index (χ0) is 15.0. The smallest absolute Gasteiger partial charge is 0.319 e. The molecule has 0 aliphatic rings. The molecule has 0 unspecified atom stereocenters. The van der Waals surface area contributed by atoms with Crippen LogP contribution in [0.5, 0.6) is 0 Å². The van der Waals surface area contributed by atoms with Crippen molar-refractivity contribution in [3.05, 3.63) is 28.2 Å². The van der Waals surface area contributed by atoms with E-state index >= 15 is 0 Å². The second kappa shape index (κ2) is 8.58. The number of amides is 2. The van der Waals surface area contributed by atoms with Crippen LogP contribution in [-0.2, 0) is 4.79 Å². The summed E-state index contributed by atoms with van der Waals surface area (Å²) in [5.41, 5.74) is 1.83. The quantitative estimate of drug-likeness (QED) is 0.663. The predicted octanol–water partition coefficient (Wildman–Crippen LogP) is 3.52. The largest absolute Gasteiger partial charge is 0.481 e. The number of aliphatic carboxylic acids is 1. The first-order valence-corrected chi connectivity index (χ1v) is 7.31. The number of urea groups is 1. The molecule has 110 valence electrons. The zero-order valence-corrected chi connectivity index (χ0v) is 13.0. The maximum atomic E-state index is 11.7. The second-order valence-electron chi connectivity index (χ2n) is 4.57. The summed E-state index contributed by atoms with van der Waals surface area (Å²) in [5.74, 6) is -0.778. The summed E-state index contributed by atoms with van der Waals surface area (Å²) in [7, 11) is 0. The van der Waals surface area contributed by atoms with Crippen LogP contribution in [0.1, 0.15) is 31.2 Å². The first-order chi connectivity index (χ1) is 9.49. The number of benzene rings is 1. The van der Waals surface area contributed by atoms with E-state index in [9.17, 15) is 9.59 Å². The molecule has 0 heterocycles. The second-order valence-corrected chi connectivity index (χ2v) is 5.42. The van der Waals surface area contributed by atoms with Gasteiger partial charge in [0.05, 0.1) is 5.69 Å². The van der Waals surface area contributed by atoms with E-state index < -0.39 is 5.97 Å². The van der Waals surface area contributed by atoms with Crippen molar-refractivity contribution in [2.45, 2.75) is 32.6 Å². The van der Waals surface area contributed by atoms with Gasteiger partial charge >= 0.3 is 12.0 Å². The van der Waals surface area contributed by atoms with Crippen LogP contribution in [0.3, 0.4) is 0 Å². The molecule has 5 nitrogen and oxygen atoms in total. The molecule has 20 heavy (non-hydrogen) atoms. The Morgan fingerprint density at radius 3 is 2.65 bits per heavy atom. The lowest BCUT2D eigenvalue weighted by molar-refractivity contribution is -0.137. The summed E-state index contributed by atoms with van der Waals surface area (Å²) in [6.07, 6.45) is 2.39. The van der Waals surface area contributed by atoms with Crippen LogP contribution in [0.2, 0.25) is 0 Å². The standard InChI is InChI=1S/C14H19BrN2O3/c1-10-6-7-12(11(15)9-10)17-14(20)16-8-4-2-3-5-13(18)19/h6-7,9H,2-5,8H2,1H3,(H,18,19)(H2,16,17,20). The third-order valence-electron chi connectivity index (χ3n) is 2.73. The van der Waals surface area contributed by atoms with Crippen molar-refractivity contribution < 1.29 is 14.7 Å². The highest BCUT2D eigenvalue weighted by Gasteiger charge is 2.04. The van der Waals surface area contributed by atoms with Gasteiger partial charge in [0.25, 0.3) is 0 Å². The molecule has 2 amide bonds. The number of aryl methyl sites for hydroxylation is 1. The van der Waals surface area contributed by atoms with Gasteiger partial charge < -0.3 is 15.7 Å². The highest BCUT2D eigenvalue weighted by molar-refractivity contribution is 9.10. The van der Waals surface area contributed by atoms with Crippen LogP contribution in [0.15, 0.2) is 22.7 Å². The molecule has 1 rings (SSSR count). The molecular formula is C14H19BrN2O3. The van der Waals surface area contributed by atoms with E-state index in [1.165, 1.54) is 0 Å². The molecule has 0 saturated carbocycles. The summed E-state index contributed by atoms with van der Waals surface area (Å²) in [6, 6.07) is 5.44. The number of carboxylic acid groups (broad SMARTS) is 1. The highest BCUT2D eigenvalue weighted by Crippen LogP contribution is 2.23. The van der Waals surface area contributed by atoms with Gasteiger partial charge in [0.2, 0.25) is 0 Å². The van der Waals surface area contributed by atoms with E-state index in [0.29, 0.717) is 13.0 Å². The molecule has 0 aliphatic carbocycles. The van der Waals surface area contributed by atoms with Gasteiger partial charge in [-0.25, -0.2) is 4.79 Å². The fourth-order valence-electron chi connectivity index (χ4n) is 1.67. The number of unbranched alkanes of at least 4 members (excludes halogenated alkanes) is 2. The zero-order valence-electron chi connectivity index (χ0n) is 11.4. The summed E-state index contributed by atoms with van der Waals surface area (Å²) in [6.45, 7) is 2.51. The Hall–Kier alpha value is -1.56. The summed E-state index contributed by atoms with van der Waals surface area (Å²) >= 11 is 3.39. The molecule has 0 fully saturated rings. The average Bonchev–Trinajstić information content (AvgIpc) is 2.36. The van der Waals surface area contributed by atoms with Crippen LogP contribution >= 0.6 is 15.9 Å². The van der Waals surface area contributed by atoms with Gasteiger partial charge in [-0.05, 0) is 53.4 Å². The molecule has 3 N–H and O–H groups in total. The maximum absolute atomic E-state index is 11.7. The number of halogens is 1. The minimum absolute atomic E-state index is 0.183. The molecule has 0 bridgehead atoms. The van der Waals surface area contributed by atoms with Crippen molar-refractivity contribution in [2.75, 3.05) is 11.9 Å². The topological polar surface area (TPSA) is 78.4 Å². The predicted molar refractivity (Wildman–Crippen MR) is 82.0 cm³/mol. The molecule has 0 saturated heterocycles. The number of nitrogens with one attached hydrogen (secondary N) is 2. The van der Waals surface area contributed by atoms with Crippen LogP contribution in [0.4, 0.5) is 10.5 Å². The van der Waals surface area contributed by atoms with E-state index in [4.69, 9.17) is 5.11 Å². The van der Waals surface area contributed by atoms with Crippen LogP contribution in [0, 0.1) is 6.92 Å². The first kappa shape index (κ1) is 16.5. The van der Waals surface area contributed by atoms with Crippen LogP contribution in [0.25, 0.3) is 0 Å². The Bertz CT molecular complexity index is 477. The summed E-state index contributed by atoms with van der Waals surface area (Å²) < 4.78 is 0.842. The van der Waals surface area contributed by atoms with E-state index in [-0.39, 0.29) is 12.5 Å². The van der Waals surface area contributed by atoms with Crippen molar-refractivity contribution in [3.8, 4) is 0 Å². The number of carbonyl (C=O) groups is 2. The first-order valence-electron chi connectivity index (χ1n) is 6.52. The lowest BCUT2D eigenvalue weighted by Gasteiger charge is -2.09. The van der Waals surface area contributed by atoms with E-state index in [0.717, 1.165) is 28.6 Å². The van der Waals surface area contributed by atoms with Crippen molar-refractivity contribution >= 4 is 33.6 Å². The number of hydrogen-bond donors (Lipinski definition) is 3. The number of carbonyl (C=O) groups excluding carboxylic acids is 1. The molecule has 1 aromatic carbocycles. The van der Waals surface area contributed by atoms with Gasteiger partial charge in [-0.3, -0.25) is 4.79 Å². The molecule has 0 aromatic heterocycles. The van der Waals surface area contributed by atoms with E-state index in [1.54, 1.807) is 0 Å². The monoisotopic (exact) mass is 342 g/mol. The fraction of sp³-hybridized carbons (Fsp3) is 0.429. The number of rotatable bonds is 7. The average molecular weight is 343 g/mol. The third kappa shape index (κ3) is 6.56. The van der Waals surface area contributed by atoms with Gasteiger partial charge in [-0.2, -0.15) is 0 Å². The molecule has 0 aliphatic heterocycles. The SMILES string of the molecule is Cc1ccc(NC(=O)NCCCCCC(=O)O)c(Br)c1. The Morgan fingerprint density at radius 2 is 2.00 bits per heavy atom. The summed E-state index contributed by atoms with van der Waals surface area (Å²) in [4.78, 5) is 22.0. The van der Waals surface area contributed by atoms with Gasteiger partial charge in [0.15, 0.2) is 0 Å². The number of anilines is 1. The van der Waals surface area contributed by atoms with Crippen LogP contribution < -0.4 is 10.6 Å². The van der Waals surface area contributed by atoms with E-state index in [1.807, 2.05) is 25.1 Å². The molecule has 0 atom stereocenters. The Labute approximate surface area is 126 Å². The van der Waals surface area contributed by atoms with Gasteiger partial charge in [-0.15, -0.1) is 0 Å². The highest BCUT2D eigenvalue weighted by atomic mass is 79.9. The Balaban J connectivity index is 2.22. The van der Waals surface area contributed by atoms with Crippen molar-refractivity contribution in [1.29, 1.82) is 0 Å². The maximum Gasteiger partial charge on any atom is 0.319 e. The number of carboxylic acids is 1. The fourth-order valence-corrected chi connectivity index (χ4v) is 2.26. The summed E-state index contributed by atoms with van der Waals surface area (Å²) in [5, 5.41) is 14.0. The lowest BCUT2D eigenvalue weighted by atomic mass is 10.2. The normalized spacial score (nSPS) is 10.1. The minimum Gasteiger partial charge on any atom is -0.481 e.